The Hall–Kier alpha value is -2.94. The van der Waals surface area contributed by atoms with Gasteiger partial charge in [0, 0.05) is 26.5 Å². The van der Waals surface area contributed by atoms with Crippen LogP contribution in [0, 0.1) is 12.7 Å². The number of alkyl halides is 1. The van der Waals surface area contributed by atoms with E-state index in [0.717, 1.165) is 32.1 Å². The highest BCUT2D eigenvalue weighted by Crippen LogP contribution is 2.25. The molecule has 0 spiro atoms. The van der Waals surface area contributed by atoms with Gasteiger partial charge in [0.05, 0.1) is 6.20 Å². The summed E-state index contributed by atoms with van der Waals surface area (Å²) in [6, 6.07) is 5.53. The lowest BCUT2D eigenvalue weighted by Crippen LogP contribution is -2.36. The maximum atomic E-state index is 14.1. The van der Waals surface area contributed by atoms with Crippen molar-refractivity contribution in [2.75, 3.05) is 19.4 Å². The largest absolute Gasteiger partial charge is 0.351 e. The predicted octanol–water partition coefficient (Wildman–Crippen LogP) is 8.22. The van der Waals surface area contributed by atoms with E-state index in [-0.39, 0.29) is 26.0 Å². The number of anilines is 1. The highest BCUT2D eigenvalue weighted by molar-refractivity contribution is 5.75. The molecule has 3 aromatic rings. The number of aryl methyl sites for hydroxylation is 1. The van der Waals surface area contributed by atoms with Crippen LogP contribution in [-0.2, 0) is 0 Å². The molecule has 41 heavy (non-hydrogen) atoms. The van der Waals surface area contributed by atoms with Crippen LogP contribution in [0.15, 0.2) is 29.2 Å². The maximum Gasteiger partial charge on any atom is 0.278 e. The van der Waals surface area contributed by atoms with Crippen LogP contribution in [0.4, 0.5) is 14.7 Å². The van der Waals surface area contributed by atoms with Gasteiger partial charge in [-0.05, 0) is 92.4 Å². The molecule has 2 aromatic heterocycles. The third-order valence-electron chi connectivity index (χ3n) is 7.20. The number of nitrogens with zero attached hydrogens (tertiary/aromatic N) is 5. The summed E-state index contributed by atoms with van der Waals surface area (Å²) in [6.45, 7) is 14.7. The molecule has 1 saturated carbocycles. The van der Waals surface area contributed by atoms with Crippen molar-refractivity contribution in [2.24, 2.45) is 0 Å². The summed E-state index contributed by atoms with van der Waals surface area (Å²) in [4.78, 5) is 29.3. The molecule has 7 nitrogen and oxygen atoms in total. The van der Waals surface area contributed by atoms with Crippen molar-refractivity contribution in [3.05, 3.63) is 46.1 Å². The fourth-order valence-electron chi connectivity index (χ4n) is 4.99. The van der Waals surface area contributed by atoms with Crippen molar-refractivity contribution in [1.29, 1.82) is 0 Å². The molecule has 1 N–H and O–H groups in total. The van der Waals surface area contributed by atoms with Crippen molar-refractivity contribution >= 4 is 17.1 Å². The van der Waals surface area contributed by atoms with E-state index >= 15 is 0 Å². The van der Waals surface area contributed by atoms with Crippen LogP contribution in [0.25, 0.3) is 22.4 Å². The van der Waals surface area contributed by atoms with Gasteiger partial charge in [0.2, 0.25) is 5.95 Å². The smallest absolute Gasteiger partial charge is 0.278 e. The van der Waals surface area contributed by atoms with E-state index in [1.165, 1.54) is 6.07 Å². The van der Waals surface area contributed by atoms with Crippen LogP contribution in [0.3, 0.4) is 0 Å². The summed E-state index contributed by atoms with van der Waals surface area (Å²) in [5, 5.41) is 3.44. The van der Waals surface area contributed by atoms with Crippen LogP contribution in [0.1, 0.15) is 101 Å². The Kier molecular flexibility index (Phi) is 12.8. The summed E-state index contributed by atoms with van der Waals surface area (Å²) in [5.41, 5.74) is 0.946. The summed E-state index contributed by atoms with van der Waals surface area (Å²) in [7, 11) is 4.25. The fourth-order valence-corrected chi connectivity index (χ4v) is 4.99. The molecule has 0 amide bonds. The molecule has 1 aliphatic carbocycles. The van der Waals surface area contributed by atoms with Gasteiger partial charge in [-0.15, -0.1) is 0 Å². The number of hydrogen-bond acceptors (Lipinski definition) is 6. The molecule has 2 heterocycles. The Morgan fingerprint density at radius 3 is 2.27 bits per heavy atom. The minimum atomic E-state index is -0.950. The van der Waals surface area contributed by atoms with Crippen LogP contribution in [0.5, 0.6) is 0 Å². The van der Waals surface area contributed by atoms with Crippen LogP contribution in [-0.4, -0.2) is 56.3 Å². The summed E-state index contributed by atoms with van der Waals surface area (Å²) in [6.07, 6.45) is 7.62. The predicted molar refractivity (Wildman–Crippen MR) is 171 cm³/mol. The Morgan fingerprint density at radius 2 is 1.78 bits per heavy atom. The molecule has 1 aliphatic rings. The number of rotatable bonds is 7. The lowest BCUT2D eigenvalue weighted by atomic mass is 9.91. The van der Waals surface area contributed by atoms with E-state index in [1.54, 1.807) is 43.7 Å². The third kappa shape index (κ3) is 9.55. The molecular formula is C32H54F2N6O. The first-order valence-electron chi connectivity index (χ1n) is 15.0. The number of aromatic nitrogens is 4. The number of halogens is 2. The van der Waals surface area contributed by atoms with Crippen LogP contribution >= 0.6 is 0 Å². The summed E-state index contributed by atoms with van der Waals surface area (Å²) in [5.74, 6) is 0.148. The molecule has 232 valence electrons. The molecule has 0 saturated heterocycles. The molecule has 1 aromatic carbocycles. The second-order valence-electron chi connectivity index (χ2n) is 11.7. The first kappa shape index (κ1) is 34.3. The molecule has 0 unspecified atom stereocenters. The minimum absolute atomic E-state index is 0. The number of hydrogen-bond donors (Lipinski definition) is 1. The van der Waals surface area contributed by atoms with Gasteiger partial charge in [-0.25, -0.2) is 18.7 Å². The average Bonchev–Trinajstić information content (AvgIpc) is 2.91. The van der Waals surface area contributed by atoms with Crippen molar-refractivity contribution in [2.45, 2.75) is 118 Å². The van der Waals surface area contributed by atoms with Gasteiger partial charge >= 0.3 is 0 Å². The quantitative estimate of drug-likeness (QED) is 0.305. The van der Waals surface area contributed by atoms with Crippen molar-refractivity contribution in [1.82, 2.24) is 24.4 Å². The van der Waals surface area contributed by atoms with Crippen molar-refractivity contribution in [3.8, 4) is 11.3 Å². The zero-order chi connectivity index (χ0) is 30.9. The number of fused-ring (bicyclic) bond motifs is 1. The van der Waals surface area contributed by atoms with Crippen LogP contribution < -0.4 is 10.9 Å². The molecule has 9 heteroatoms. The summed E-state index contributed by atoms with van der Waals surface area (Å²) < 4.78 is 28.1. The SMILES string of the molecule is CC.CCCC(C)(C)F.Cc1ccc(-c2nc3cnc(NC4CCC(N(C)C)CC4)nc3n(C(C)C)c2=O)cc1F.[HH].[HH]. The highest BCUT2D eigenvalue weighted by atomic mass is 19.1. The molecule has 1 fully saturated rings. The monoisotopic (exact) mass is 576 g/mol. The van der Waals surface area contributed by atoms with Gasteiger partial charge < -0.3 is 10.2 Å². The van der Waals surface area contributed by atoms with E-state index in [9.17, 15) is 13.6 Å². The van der Waals surface area contributed by atoms with E-state index in [0.29, 0.717) is 46.7 Å². The van der Waals surface area contributed by atoms with Crippen LogP contribution in [0.2, 0.25) is 0 Å². The molecule has 0 atom stereocenters. The first-order chi connectivity index (χ1) is 19.3. The zero-order valence-electron chi connectivity index (χ0n) is 26.7. The second-order valence-corrected chi connectivity index (χ2v) is 11.7. The molecule has 4 rings (SSSR count). The second kappa shape index (κ2) is 15.3. The molecule has 0 bridgehead atoms. The Balaban J connectivity index is 0.00000142. The van der Waals surface area contributed by atoms with Gasteiger partial charge in [0.15, 0.2) is 5.65 Å². The van der Waals surface area contributed by atoms with Gasteiger partial charge in [0.1, 0.15) is 22.7 Å². The standard InChI is InChI=1S/C24H31FN6O.C6H13F.C2H6.2H2/c1-14(2)31-22-20(28-21(23(31)32)16-7-6-15(3)19(25)12-16)13-26-24(29-22)27-17-8-10-18(11-9-17)30(4)5;1-4-5-6(2,3)7;1-2;;/h6-7,12-14,17-18H,8-11H2,1-5H3,(H,26,27,29);4-5H2,1-3H3;1-2H3;2*1H. The Morgan fingerprint density at radius 1 is 1.15 bits per heavy atom. The van der Waals surface area contributed by atoms with Gasteiger partial charge in [-0.2, -0.15) is 4.98 Å². The van der Waals surface area contributed by atoms with Gasteiger partial charge in [-0.3, -0.25) is 9.36 Å². The lowest BCUT2D eigenvalue weighted by Gasteiger charge is -2.32. The van der Waals surface area contributed by atoms with E-state index in [1.807, 2.05) is 34.6 Å². The first-order valence-corrected chi connectivity index (χ1v) is 15.0. The third-order valence-corrected chi connectivity index (χ3v) is 7.20. The highest BCUT2D eigenvalue weighted by Gasteiger charge is 2.23. The maximum absolute atomic E-state index is 14.1. The minimum Gasteiger partial charge on any atom is -0.351 e. The number of benzene rings is 1. The summed E-state index contributed by atoms with van der Waals surface area (Å²) >= 11 is 0. The normalized spacial score (nSPS) is 17.1. The van der Waals surface area contributed by atoms with Gasteiger partial charge in [0.25, 0.3) is 5.56 Å². The fraction of sp³-hybridized carbons (Fsp3) is 0.625. The van der Waals surface area contributed by atoms with Crippen molar-refractivity contribution < 1.29 is 11.6 Å². The Bertz CT molecular complexity index is 1320. The number of nitrogens with one attached hydrogen (secondary N) is 1. The Labute approximate surface area is 247 Å². The van der Waals surface area contributed by atoms with E-state index in [2.05, 4.69) is 39.3 Å². The van der Waals surface area contributed by atoms with Gasteiger partial charge in [-0.1, -0.05) is 39.3 Å². The molecule has 0 aliphatic heterocycles. The topological polar surface area (TPSA) is 75.9 Å². The lowest BCUT2D eigenvalue weighted by molar-refractivity contribution is 0.200. The average molecular weight is 577 g/mol. The molecular weight excluding hydrogens is 522 g/mol. The van der Waals surface area contributed by atoms with E-state index in [4.69, 9.17) is 0 Å². The van der Waals surface area contributed by atoms with E-state index < -0.39 is 5.67 Å². The zero-order valence-corrected chi connectivity index (χ0v) is 26.7. The molecule has 0 radical (unpaired) electrons. The van der Waals surface area contributed by atoms with Crippen molar-refractivity contribution in [3.63, 3.8) is 0 Å².